The number of carbonyl (C=O) groups excluding carboxylic acids is 4. The fourth-order valence-electron chi connectivity index (χ4n) is 9.56. The van der Waals surface area contributed by atoms with Gasteiger partial charge in [-0.1, -0.05) is 32.9 Å². The highest BCUT2D eigenvalue weighted by molar-refractivity contribution is 7.91. The summed E-state index contributed by atoms with van der Waals surface area (Å²) in [6, 6.07) is 2.21. The fourth-order valence-corrected chi connectivity index (χ4v) is 12.1. The van der Waals surface area contributed by atoms with Crippen molar-refractivity contribution in [1.29, 1.82) is 0 Å². The Kier molecular flexibility index (Phi) is 14.5. The predicted octanol–water partition coefficient (Wildman–Crippen LogP) is 3.45. The van der Waals surface area contributed by atoms with Gasteiger partial charge in [-0.3, -0.25) is 9.59 Å². The molecule has 6 heterocycles. The molecule has 2 amide bonds. The van der Waals surface area contributed by atoms with Gasteiger partial charge in [-0.2, -0.15) is 0 Å². The maximum absolute atomic E-state index is 14.5. The second kappa shape index (κ2) is 18.8. The maximum atomic E-state index is 14.5. The zero-order valence-corrected chi connectivity index (χ0v) is 38.4. The van der Waals surface area contributed by atoms with Gasteiger partial charge in [0, 0.05) is 36.4 Å². The van der Waals surface area contributed by atoms with E-state index in [0.29, 0.717) is 17.1 Å². The number of nitrogens with zero attached hydrogens (tertiary/aromatic N) is 2. The van der Waals surface area contributed by atoms with Crippen molar-refractivity contribution in [2.75, 3.05) is 27.2 Å². The molecule has 0 aliphatic carbocycles. The van der Waals surface area contributed by atoms with Crippen LogP contribution in [-0.4, -0.2) is 141 Å². The second-order valence-corrected chi connectivity index (χ2v) is 20.8. The summed E-state index contributed by atoms with van der Waals surface area (Å²) >= 11 is 0.951. The van der Waals surface area contributed by atoms with Crippen LogP contribution in [0.15, 0.2) is 33.1 Å². The Hall–Kier alpha value is -3.70. The van der Waals surface area contributed by atoms with Crippen molar-refractivity contribution < 1.29 is 65.6 Å². The number of alkyl carbamates (subject to hydrolysis) is 2. The highest BCUT2D eigenvalue weighted by Crippen LogP contribution is 2.42. The molecule has 0 aromatic carbocycles. The van der Waals surface area contributed by atoms with E-state index < -0.39 is 106 Å². The van der Waals surface area contributed by atoms with Gasteiger partial charge in [-0.05, 0) is 73.2 Å². The number of Topliss-reactive ketones (excluding diaryl/α,β-unsaturated/α-hetero) is 1. The van der Waals surface area contributed by atoms with Gasteiger partial charge in [0.25, 0.3) is 0 Å². The van der Waals surface area contributed by atoms with E-state index >= 15 is 0 Å². The van der Waals surface area contributed by atoms with Crippen LogP contribution in [0, 0.1) is 23.7 Å². The normalized spacial score (nSPS) is 39.1. The number of likely N-dealkylation sites (N-methyl/N-ethyl adjacent to an activating group) is 1. The number of carbonyl (C=O) groups is 4. The molecule has 1 unspecified atom stereocenters. The van der Waals surface area contributed by atoms with Gasteiger partial charge in [-0.25, -0.2) is 22.7 Å². The minimum atomic E-state index is -4.23. The van der Waals surface area contributed by atoms with Gasteiger partial charge in [0.2, 0.25) is 10.0 Å². The first-order valence-electron chi connectivity index (χ1n) is 21.1. The topological polar surface area (TPSA) is 243 Å². The highest BCUT2D eigenvalue weighted by Gasteiger charge is 2.58. The van der Waals surface area contributed by atoms with Crippen molar-refractivity contribution in [3.8, 4) is 10.6 Å². The number of rotatable bonds is 8. The number of hydrogen-bond acceptors (Lipinski definition) is 17. The van der Waals surface area contributed by atoms with Gasteiger partial charge < -0.3 is 53.6 Å². The van der Waals surface area contributed by atoms with Gasteiger partial charge in [0.1, 0.15) is 33.9 Å². The van der Waals surface area contributed by atoms with Crippen LogP contribution < -0.4 is 15.4 Å². The summed E-state index contributed by atoms with van der Waals surface area (Å²) in [5, 5.41) is 20.8. The molecule has 0 radical (unpaired) electrons. The molecule has 2 bridgehead atoms. The number of ketones is 1. The number of amides is 2. The molecule has 21 heteroatoms. The van der Waals surface area contributed by atoms with E-state index in [1.165, 1.54) is 12.3 Å². The molecular weight excluding hydrogens is 851 g/mol. The number of nitrogens with one attached hydrogen (secondary N) is 3. The SMILES string of the molecule is CC[C@H]1OC(=O)[C@H](C)[C@H]2OCC(NS(=O)(=O)c3ccc(-c4ccno4)s3)CNC(=O)O[C@](C)(C[C@@H](C)C(=O)[C@H](C)[C@@H]3NC(=O)O[C@]13C)[C@H](O[C@@H]1O[C@H](C)C[C@H](N(C)C)[C@H]1O)[C@H]2C. The first-order valence-corrected chi connectivity index (χ1v) is 23.4. The number of sulfonamides is 1. The Labute approximate surface area is 366 Å². The average molecular weight is 912 g/mol. The molecule has 4 saturated heterocycles. The molecule has 0 spiro atoms. The zero-order chi connectivity index (χ0) is 45.5. The van der Waals surface area contributed by atoms with Crippen molar-refractivity contribution in [2.24, 2.45) is 23.7 Å². The van der Waals surface area contributed by atoms with Gasteiger partial charge in [-0.15, -0.1) is 11.3 Å². The molecule has 15 atom stereocenters. The molecule has 4 aliphatic rings. The number of hydrogen-bond donors (Lipinski definition) is 4. The number of fused-ring (bicyclic) bond motifs is 4. The summed E-state index contributed by atoms with van der Waals surface area (Å²) in [4.78, 5) is 58.3. The van der Waals surface area contributed by atoms with Crippen molar-refractivity contribution in [1.82, 2.24) is 25.4 Å². The number of cyclic esters (lactones) is 1. The van der Waals surface area contributed by atoms with Crippen LogP contribution in [0.5, 0.6) is 0 Å². The lowest BCUT2D eigenvalue weighted by molar-refractivity contribution is -0.299. The Bertz CT molecular complexity index is 2030. The standard InChI is InChI=1S/C41H61N5O14S2/c1-11-29-41(8)34(44-39(51)59-41)22(4)31(47)20(2)17-40(7)35(57-37-32(48)26(46(9)10)16-21(3)55-37)23(5)33(24(6)36(49)56-29)54-19-25(18-42-38(50)58-40)45-62(52,53)30-13-12-28(61-30)27-14-15-43-60-27/h12-15,20-26,29,32-35,37,45,48H,11,16-19H2,1-10H3,(H,42,50)(H,44,51)/t20-,21-,22+,23+,24-,25?,26+,29-,32-,33+,34+,35-,37+,40-,41-/m1/s1. The number of ether oxygens (including phenoxy) is 6. The molecule has 2 aromatic heterocycles. The van der Waals surface area contributed by atoms with Gasteiger partial charge in [0.05, 0.1) is 47.9 Å². The predicted molar refractivity (Wildman–Crippen MR) is 222 cm³/mol. The summed E-state index contributed by atoms with van der Waals surface area (Å²) in [6.07, 6.45) is -5.88. The third-order valence-electron chi connectivity index (χ3n) is 12.8. The number of aromatic nitrogens is 1. The first-order chi connectivity index (χ1) is 29.1. The molecule has 4 N–H and O–H groups in total. The van der Waals surface area contributed by atoms with Crippen LogP contribution in [0.25, 0.3) is 10.6 Å². The van der Waals surface area contributed by atoms with Crippen LogP contribution in [0.2, 0.25) is 0 Å². The minimum Gasteiger partial charge on any atom is -0.458 e. The van der Waals surface area contributed by atoms with Crippen LogP contribution >= 0.6 is 11.3 Å². The summed E-state index contributed by atoms with van der Waals surface area (Å²) in [7, 11) is -0.571. The van der Waals surface area contributed by atoms with Crippen molar-refractivity contribution in [2.45, 2.75) is 145 Å². The van der Waals surface area contributed by atoms with Crippen molar-refractivity contribution >= 4 is 45.3 Å². The first kappa shape index (κ1) is 47.8. The fraction of sp³-hybridized carbons (Fsp3) is 0.732. The Morgan fingerprint density at radius 2 is 1.76 bits per heavy atom. The number of aliphatic hydroxyl groups excluding tert-OH is 1. The molecule has 0 saturated carbocycles. The summed E-state index contributed by atoms with van der Waals surface area (Å²) in [6.45, 7) is 12.9. The zero-order valence-electron chi connectivity index (χ0n) is 36.8. The molecule has 4 aliphatic heterocycles. The van der Waals surface area contributed by atoms with Crippen LogP contribution in [0.1, 0.15) is 74.7 Å². The van der Waals surface area contributed by atoms with E-state index in [-0.39, 0.29) is 48.1 Å². The Balaban J connectivity index is 1.44. The lowest BCUT2D eigenvalue weighted by atomic mass is 9.73. The molecule has 4 fully saturated rings. The quantitative estimate of drug-likeness (QED) is 0.219. The smallest absolute Gasteiger partial charge is 0.408 e. The summed E-state index contributed by atoms with van der Waals surface area (Å²) in [5.74, 6) is -4.37. The molecule has 2 aromatic rings. The van der Waals surface area contributed by atoms with Crippen LogP contribution in [-0.2, 0) is 48.0 Å². The monoisotopic (exact) mass is 911 g/mol. The Morgan fingerprint density at radius 1 is 1.03 bits per heavy atom. The molecule has 19 nitrogen and oxygen atoms in total. The molecule has 62 heavy (non-hydrogen) atoms. The van der Waals surface area contributed by atoms with Gasteiger partial charge >= 0.3 is 18.2 Å². The van der Waals surface area contributed by atoms with E-state index in [1.54, 1.807) is 60.6 Å². The minimum absolute atomic E-state index is 0.0436. The number of esters is 1. The second-order valence-electron chi connectivity index (χ2n) is 17.8. The Morgan fingerprint density at radius 3 is 2.42 bits per heavy atom. The van der Waals surface area contributed by atoms with E-state index in [0.717, 1.165) is 11.3 Å². The van der Waals surface area contributed by atoms with E-state index in [2.05, 4.69) is 20.5 Å². The lowest BCUT2D eigenvalue weighted by Gasteiger charge is -2.48. The van der Waals surface area contributed by atoms with E-state index in [9.17, 15) is 32.7 Å². The largest absolute Gasteiger partial charge is 0.458 e. The van der Waals surface area contributed by atoms with Crippen molar-refractivity contribution in [3.63, 3.8) is 0 Å². The number of thiophene rings is 1. The molecular formula is C41H61N5O14S2. The van der Waals surface area contributed by atoms with Crippen molar-refractivity contribution in [3.05, 3.63) is 24.4 Å². The average Bonchev–Trinajstić information content (AvgIpc) is 3.98. The summed E-state index contributed by atoms with van der Waals surface area (Å²) < 4.78 is 73.6. The van der Waals surface area contributed by atoms with E-state index in [1.807, 2.05) is 25.9 Å². The van der Waals surface area contributed by atoms with Crippen LogP contribution in [0.4, 0.5) is 9.59 Å². The van der Waals surface area contributed by atoms with Crippen LogP contribution in [0.3, 0.4) is 0 Å². The highest BCUT2D eigenvalue weighted by atomic mass is 32.2. The third kappa shape index (κ3) is 9.84. The number of aliphatic hydroxyl groups is 1. The summed E-state index contributed by atoms with van der Waals surface area (Å²) in [5.41, 5.74) is -3.16. The van der Waals surface area contributed by atoms with Gasteiger partial charge in [0.15, 0.2) is 17.7 Å². The molecule has 6 rings (SSSR count). The lowest BCUT2D eigenvalue weighted by Crippen LogP contribution is -2.61. The van der Waals surface area contributed by atoms with E-state index in [4.69, 9.17) is 32.9 Å². The maximum Gasteiger partial charge on any atom is 0.408 e. The molecule has 346 valence electrons. The third-order valence-corrected chi connectivity index (χ3v) is 15.9.